The first kappa shape index (κ1) is 11.2. The molecule has 0 spiro atoms. The van der Waals surface area contributed by atoms with Gasteiger partial charge in [0.1, 0.15) is 0 Å². The lowest BCUT2D eigenvalue weighted by Gasteiger charge is -2.24. The third-order valence-corrected chi connectivity index (χ3v) is 4.94. The Hall–Kier alpha value is -0.260. The van der Waals surface area contributed by atoms with Gasteiger partial charge in [0.05, 0.1) is 0 Å². The van der Waals surface area contributed by atoms with Gasteiger partial charge in [-0.2, -0.15) is 0 Å². The molecule has 2 aliphatic carbocycles. The fourth-order valence-electron chi connectivity index (χ4n) is 3.63. The Morgan fingerprint density at radius 2 is 1.87 bits per heavy atom. The van der Waals surface area contributed by atoms with Gasteiger partial charge in [-0.1, -0.05) is 31.9 Å². The van der Waals surface area contributed by atoms with Crippen molar-refractivity contribution in [3.05, 3.63) is 11.1 Å². The molecule has 0 aromatic rings. The molecule has 3 atom stereocenters. The highest BCUT2D eigenvalue weighted by molar-refractivity contribution is 5.21. The number of fused-ring (bicyclic) bond motifs is 1. The molecule has 0 aliphatic heterocycles. The predicted octanol–water partition coefficient (Wildman–Crippen LogP) is 4.81. The minimum absolute atomic E-state index is 0.880. The van der Waals surface area contributed by atoms with Crippen LogP contribution < -0.4 is 0 Å². The van der Waals surface area contributed by atoms with Crippen LogP contribution in [-0.2, 0) is 0 Å². The first-order valence-electron chi connectivity index (χ1n) is 6.78. The van der Waals surface area contributed by atoms with E-state index >= 15 is 0 Å². The zero-order chi connectivity index (χ0) is 11.0. The molecule has 0 saturated heterocycles. The molecule has 0 nitrogen and oxygen atoms in total. The molecular weight excluding hydrogens is 180 g/mol. The van der Waals surface area contributed by atoms with Crippen LogP contribution in [0.1, 0.15) is 59.8 Å². The average Bonchev–Trinajstić information content (AvgIpc) is 2.43. The molecule has 0 heterocycles. The second-order valence-corrected chi connectivity index (χ2v) is 6.21. The van der Waals surface area contributed by atoms with Crippen LogP contribution in [-0.4, -0.2) is 0 Å². The SMILES string of the molecule is CC1=C2CC[C@H](C)[C@@H]2C[C@H](C(C)C)CC1. The maximum atomic E-state index is 2.47. The van der Waals surface area contributed by atoms with Crippen LogP contribution in [0.25, 0.3) is 0 Å². The Balaban J connectivity index is 2.18. The van der Waals surface area contributed by atoms with Crippen molar-refractivity contribution < 1.29 is 0 Å². The van der Waals surface area contributed by atoms with Crippen molar-refractivity contribution in [2.24, 2.45) is 23.7 Å². The fraction of sp³-hybridized carbons (Fsp3) is 0.867. The Labute approximate surface area is 95.1 Å². The molecule has 0 radical (unpaired) electrons. The van der Waals surface area contributed by atoms with Gasteiger partial charge in [0.2, 0.25) is 0 Å². The number of hydrogen-bond donors (Lipinski definition) is 0. The molecule has 0 aromatic heterocycles. The standard InChI is InChI=1S/C15H26/c1-10(2)13-7-5-11(3)14-8-6-12(4)15(14)9-13/h10,12-13,15H,5-9H2,1-4H3/t12-,13+,15-/m0/s1. The largest absolute Gasteiger partial charge is 0.0738 e. The van der Waals surface area contributed by atoms with Crippen molar-refractivity contribution in [2.45, 2.75) is 59.8 Å². The lowest BCUT2D eigenvalue weighted by Crippen LogP contribution is -2.15. The second-order valence-electron chi connectivity index (χ2n) is 6.21. The molecular formula is C15H26. The first-order chi connectivity index (χ1) is 7.09. The summed E-state index contributed by atoms with van der Waals surface area (Å²) in [4.78, 5) is 0. The lowest BCUT2D eigenvalue weighted by atomic mass is 9.81. The van der Waals surface area contributed by atoms with Gasteiger partial charge in [0, 0.05) is 0 Å². The summed E-state index contributed by atoms with van der Waals surface area (Å²) in [6.45, 7) is 9.67. The minimum Gasteiger partial charge on any atom is -0.0738 e. The maximum absolute atomic E-state index is 2.47. The number of allylic oxidation sites excluding steroid dienone is 2. The summed E-state index contributed by atoms with van der Waals surface area (Å²) >= 11 is 0. The summed E-state index contributed by atoms with van der Waals surface area (Å²) < 4.78 is 0. The molecule has 0 unspecified atom stereocenters. The molecule has 0 N–H and O–H groups in total. The Morgan fingerprint density at radius 1 is 1.13 bits per heavy atom. The third-order valence-electron chi connectivity index (χ3n) is 4.94. The van der Waals surface area contributed by atoms with Gasteiger partial charge in [0.15, 0.2) is 0 Å². The molecule has 0 amide bonds. The maximum Gasteiger partial charge on any atom is -0.0172 e. The second kappa shape index (κ2) is 4.31. The van der Waals surface area contributed by atoms with Crippen LogP contribution in [0.15, 0.2) is 11.1 Å². The summed E-state index contributed by atoms with van der Waals surface area (Å²) in [6, 6.07) is 0. The summed E-state index contributed by atoms with van der Waals surface area (Å²) in [5.41, 5.74) is 3.60. The van der Waals surface area contributed by atoms with Crippen molar-refractivity contribution >= 4 is 0 Å². The van der Waals surface area contributed by atoms with Crippen LogP contribution in [0.5, 0.6) is 0 Å². The topological polar surface area (TPSA) is 0 Å². The van der Waals surface area contributed by atoms with Gasteiger partial charge in [0.25, 0.3) is 0 Å². The smallest absolute Gasteiger partial charge is 0.0172 e. The van der Waals surface area contributed by atoms with Crippen molar-refractivity contribution in [2.75, 3.05) is 0 Å². The predicted molar refractivity (Wildman–Crippen MR) is 66.8 cm³/mol. The zero-order valence-electron chi connectivity index (χ0n) is 10.8. The van der Waals surface area contributed by atoms with E-state index in [1.165, 1.54) is 32.1 Å². The van der Waals surface area contributed by atoms with E-state index in [2.05, 4.69) is 27.7 Å². The molecule has 2 aliphatic rings. The van der Waals surface area contributed by atoms with Gasteiger partial charge in [-0.3, -0.25) is 0 Å². The monoisotopic (exact) mass is 206 g/mol. The third kappa shape index (κ3) is 2.14. The fourth-order valence-corrected chi connectivity index (χ4v) is 3.63. The molecule has 2 rings (SSSR count). The summed E-state index contributed by atoms with van der Waals surface area (Å²) in [5, 5.41) is 0. The zero-order valence-corrected chi connectivity index (χ0v) is 10.8. The summed E-state index contributed by atoms with van der Waals surface area (Å²) in [5.74, 6) is 3.75. The molecule has 0 heteroatoms. The van der Waals surface area contributed by atoms with Gasteiger partial charge >= 0.3 is 0 Å². The number of rotatable bonds is 1. The van der Waals surface area contributed by atoms with E-state index in [-0.39, 0.29) is 0 Å². The molecule has 1 fully saturated rings. The van der Waals surface area contributed by atoms with E-state index in [1.54, 1.807) is 5.57 Å². The Morgan fingerprint density at radius 3 is 2.53 bits per heavy atom. The van der Waals surface area contributed by atoms with E-state index in [4.69, 9.17) is 0 Å². The molecule has 0 aromatic carbocycles. The quantitative estimate of drug-likeness (QED) is 0.540. The Bertz CT molecular complexity index is 259. The molecule has 1 saturated carbocycles. The number of hydrogen-bond acceptors (Lipinski definition) is 0. The highest BCUT2D eigenvalue weighted by Crippen LogP contribution is 2.46. The molecule has 15 heavy (non-hydrogen) atoms. The lowest BCUT2D eigenvalue weighted by molar-refractivity contribution is 0.280. The van der Waals surface area contributed by atoms with Crippen molar-refractivity contribution in [1.82, 2.24) is 0 Å². The van der Waals surface area contributed by atoms with E-state index in [1.807, 2.05) is 5.57 Å². The van der Waals surface area contributed by atoms with Crippen LogP contribution in [0.4, 0.5) is 0 Å². The summed E-state index contributed by atoms with van der Waals surface area (Å²) in [6.07, 6.45) is 7.15. The van der Waals surface area contributed by atoms with E-state index in [0.717, 1.165) is 23.7 Å². The normalized spacial score (nSPS) is 37.0. The van der Waals surface area contributed by atoms with Gasteiger partial charge in [-0.15, -0.1) is 0 Å². The minimum atomic E-state index is 0.880. The van der Waals surface area contributed by atoms with Crippen molar-refractivity contribution in [1.29, 1.82) is 0 Å². The van der Waals surface area contributed by atoms with Crippen molar-refractivity contribution in [3.8, 4) is 0 Å². The average molecular weight is 206 g/mol. The first-order valence-corrected chi connectivity index (χ1v) is 6.78. The van der Waals surface area contributed by atoms with Crippen LogP contribution in [0.2, 0.25) is 0 Å². The van der Waals surface area contributed by atoms with E-state index in [9.17, 15) is 0 Å². The van der Waals surface area contributed by atoms with Gasteiger partial charge < -0.3 is 0 Å². The Kier molecular flexibility index (Phi) is 3.23. The van der Waals surface area contributed by atoms with E-state index in [0.29, 0.717) is 0 Å². The summed E-state index contributed by atoms with van der Waals surface area (Å²) in [7, 11) is 0. The van der Waals surface area contributed by atoms with Gasteiger partial charge in [-0.05, 0) is 62.7 Å². The molecule has 86 valence electrons. The van der Waals surface area contributed by atoms with Crippen LogP contribution >= 0.6 is 0 Å². The van der Waals surface area contributed by atoms with Crippen LogP contribution in [0, 0.1) is 23.7 Å². The highest BCUT2D eigenvalue weighted by atomic mass is 14.4. The van der Waals surface area contributed by atoms with Crippen molar-refractivity contribution in [3.63, 3.8) is 0 Å². The van der Waals surface area contributed by atoms with E-state index < -0.39 is 0 Å². The van der Waals surface area contributed by atoms with Gasteiger partial charge in [-0.25, -0.2) is 0 Å². The molecule has 0 bridgehead atoms. The van der Waals surface area contributed by atoms with Crippen LogP contribution in [0.3, 0.4) is 0 Å². The highest BCUT2D eigenvalue weighted by Gasteiger charge is 2.34.